The Bertz CT molecular complexity index is 1150. The number of hydrogen-bond acceptors (Lipinski definition) is 7. The van der Waals surface area contributed by atoms with E-state index in [0.717, 1.165) is 50.1 Å². The first-order valence-corrected chi connectivity index (χ1v) is 12.6. The summed E-state index contributed by atoms with van der Waals surface area (Å²) in [6.07, 6.45) is 6.69. The first kappa shape index (κ1) is 24.2. The van der Waals surface area contributed by atoms with Gasteiger partial charge in [0.05, 0.1) is 10.6 Å². The molecular weight excluding hydrogens is 496 g/mol. The van der Waals surface area contributed by atoms with Crippen molar-refractivity contribution in [3.05, 3.63) is 63.6 Å². The van der Waals surface area contributed by atoms with Crippen LogP contribution >= 0.6 is 15.9 Å². The molecule has 0 atom stereocenters. The highest BCUT2D eigenvalue weighted by molar-refractivity contribution is 9.10. The van der Waals surface area contributed by atoms with Gasteiger partial charge in [0.1, 0.15) is 5.69 Å². The summed E-state index contributed by atoms with van der Waals surface area (Å²) in [5.74, 6) is 0.941. The fourth-order valence-electron chi connectivity index (χ4n) is 4.23. The first-order chi connectivity index (χ1) is 16.5. The second-order valence-electron chi connectivity index (χ2n) is 8.51. The van der Waals surface area contributed by atoms with E-state index in [9.17, 15) is 9.90 Å². The highest BCUT2D eigenvalue weighted by Gasteiger charge is 2.17. The third-order valence-corrected chi connectivity index (χ3v) is 6.84. The van der Waals surface area contributed by atoms with Gasteiger partial charge in [-0.3, -0.25) is 4.79 Å². The molecule has 3 heterocycles. The average molecular weight is 527 g/mol. The van der Waals surface area contributed by atoms with Crippen LogP contribution < -0.4 is 21.1 Å². The van der Waals surface area contributed by atoms with Gasteiger partial charge in [0.25, 0.3) is 5.56 Å². The van der Waals surface area contributed by atoms with Crippen molar-refractivity contribution in [3.8, 4) is 0 Å². The van der Waals surface area contributed by atoms with Crippen LogP contribution in [0.15, 0.2) is 58.1 Å². The second kappa shape index (κ2) is 11.0. The molecule has 34 heavy (non-hydrogen) atoms. The molecule has 3 N–H and O–H groups in total. The Balaban J connectivity index is 1.49. The highest BCUT2D eigenvalue weighted by atomic mass is 79.9. The third-order valence-electron chi connectivity index (χ3n) is 6.26. The Labute approximate surface area is 208 Å². The Morgan fingerprint density at radius 3 is 2.50 bits per heavy atom. The topological polar surface area (TPSA) is 95.3 Å². The summed E-state index contributed by atoms with van der Waals surface area (Å²) < 4.78 is 2.44. The molecule has 1 saturated heterocycles. The number of aliphatic hydroxyl groups is 1. The molecule has 1 fully saturated rings. The lowest BCUT2D eigenvalue weighted by Gasteiger charge is -2.31. The van der Waals surface area contributed by atoms with Gasteiger partial charge in [0.2, 0.25) is 5.95 Å². The van der Waals surface area contributed by atoms with E-state index >= 15 is 0 Å². The van der Waals surface area contributed by atoms with Gasteiger partial charge < -0.3 is 25.2 Å². The summed E-state index contributed by atoms with van der Waals surface area (Å²) in [6, 6.07) is 11.9. The molecule has 3 aromatic rings. The van der Waals surface area contributed by atoms with Crippen molar-refractivity contribution in [1.29, 1.82) is 0 Å². The van der Waals surface area contributed by atoms with Crippen LogP contribution in [0.2, 0.25) is 0 Å². The largest absolute Gasteiger partial charge is 0.393 e. The number of piperidine rings is 1. The molecule has 8 nitrogen and oxygen atoms in total. The van der Waals surface area contributed by atoms with E-state index in [4.69, 9.17) is 0 Å². The summed E-state index contributed by atoms with van der Waals surface area (Å²) in [5.41, 5.74) is 2.40. The van der Waals surface area contributed by atoms with Crippen LogP contribution in [-0.2, 0) is 0 Å². The lowest BCUT2D eigenvalue weighted by atomic mass is 10.1. The molecule has 0 radical (unpaired) electrons. The molecule has 0 spiro atoms. The molecule has 9 heteroatoms. The van der Waals surface area contributed by atoms with E-state index in [0.29, 0.717) is 21.9 Å². The average Bonchev–Trinajstić information content (AvgIpc) is 2.85. The van der Waals surface area contributed by atoms with Crippen molar-refractivity contribution in [1.82, 2.24) is 14.5 Å². The molecule has 0 amide bonds. The van der Waals surface area contributed by atoms with E-state index in [-0.39, 0.29) is 17.7 Å². The van der Waals surface area contributed by atoms with Crippen LogP contribution in [0.3, 0.4) is 0 Å². The van der Waals surface area contributed by atoms with Crippen LogP contribution in [-0.4, -0.2) is 38.8 Å². The summed E-state index contributed by atoms with van der Waals surface area (Å²) in [5, 5.41) is 16.1. The lowest BCUT2D eigenvalue weighted by molar-refractivity contribution is 0.145. The molecular formula is C25H31BrN6O2. The second-order valence-corrected chi connectivity index (χ2v) is 9.36. The predicted molar refractivity (Wildman–Crippen MR) is 141 cm³/mol. The maximum atomic E-state index is 13.0. The van der Waals surface area contributed by atoms with E-state index in [1.54, 1.807) is 16.8 Å². The van der Waals surface area contributed by atoms with Crippen molar-refractivity contribution < 1.29 is 5.11 Å². The Morgan fingerprint density at radius 2 is 1.82 bits per heavy atom. The normalized spacial score (nSPS) is 14.4. The van der Waals surface area contributed by atoms with Crippen LogP contribution in [0.5, 0.6) is 0 Å². The zero-order valence-electron chi connectivity index (χ0n) is 19.5. The number of pyridine rings is 1. The highest BCUT2D eigenvalue weighted by Crippen LogP contribution is 2.26. The van der Waals surface area contributed by atoms with E-state index in [1.807, 2.05) is 24.4 Å². The molecule has 0 unspecified atom stereocenters. The van der Waals surface area contributed by atoms with Crippen LogP contribution in [0.1, 0.15) is 45.6 Å². The molecule has 0 aliphatic carbocycles. The molecule has 180 valence electrons. The van der Waals surface area contributed by atoms with Gasteiger partial charge in [0.15, 0.2) is 5.82 Å². The standard InChI is InChI=1S/C25H31BrN6O2/c1-3-18(4-2)32-13-5-6-22(24(32)34)29-23-21(26)16-27-25(30-23)28-17-7-9-19(10-8-17)31-14-11-20(33)12-15-31/h5-10,13,16,18,20,33H,3-4,11-12,14-15H2,1-2H3,(H2,27,28,29,30). The summed E-state index contributed by atoms with van der Waals surface area (Å²) >= 11 is 3.48. The van der Waals surface area contributed by atoms with Crippen molar-refractivity contribution in [2.75, 3.05) is 28.6 Å². The molecule has 0 bridgehead atoms. The van der Waals surface area contributed by atoms with Crippen LogP contribution in [0, 0.1) is 0 Å². The Kier molecular flexibility index (Phi) is 7.84. The number of aromatic nitrogens is 3. The fourth-order valence-corrected chi connectivity index (χ4v) is 4.52. The SMILES string of the molecule is CCC(CC)n1cccc(Nc2nc(Nc3ccc(N4CCC(O)CC4)cc3)ncc2Br)c1=O. The van der Waals surface area contributed by atoms with Gasteiger partial charge in [-0.15, -0.1) is 0 Å². The summed E-state index contributed by atoms with van der Waals surface area (Å²) in [6.45, 7) is 5.89. The van der Waals surface area contributed by atoms with E-state index in [1.165, 1.54) is 0 Å². The van der Waals surface area contributed by atoms with Crippen molar-refractivity contribution >= 4 is 44.8 Å². The number of anilines is 5. The minimum absolute atomic E-state index is 0.0722. The number of aliphatic hydroxyl groups excluding tert-OH is 1. The number of hydrogen-bond donors (Lipinski definition) is 3. The van der Waals surface area contributed by atoms with Crippen molar-refractivity contribution in [2.45, 2.75) is 51.7 Å². The monoisotopic (exact) mass is 526 g/mol. The number of nitrogens with zero attached hydrogens (tertiary/aromatic N) is 4. The zero-order chi connectivity index (χ0) is 24.1. The molecule has 0 saturated carbocycles. The summed E-state index contributed by atoms with van der Waals surface area (Å²) in [4.78, 5) is 24.2. The summed E-state index contributed by atoms with van der Waals surface area (Å²) in [7, 11) is 0. The maximum absolute atomic E-state index is 13.0. The molecule has 1 aliphatic rings. The van der Waals surface area contributed by atoms with Gasteiger partial charge in [-0.1, -0.05) is 13.8 Å². The van der Waals surface area contributed by atoms with E-state index in [2.05, 4.69) is 67.4 Å². The smallest absolute Gasteiger partial charge is 0.274 e. The van der Waals surface area contributed by atoms with Gasteiger partial charge >= 0.3 is 0 Å². The lowest BCUT2D eigenvalue weighted by Crippen LogP contribution is -2.35. The quantitative estimate of drug-likeness (QED) is 0.370. The van der Waals surface area contributed by atoms with Crippen molar-refractivity contribution in [3.63, 3.8) is 0 Å². The number of nitrogens with one attached hydrogen (secondary N) is 2. The minimum Gasteiger partial charge on any atom is -0.393 e. The van der Waals surface area contributed by atoms with Gasteiger partial charge in [-0.2, -0.15) is 4.98 Å². The molecule has 2 aromatic heterocycles. The first-order valence-electron chi connectivity index (χ1n) is 11.8. The molecule has 1 aromatic carbocycles. The van der Waals surface area contributed by atoms with Gasteiger partial charge in [-0.05, 0) is 78.0 Å². The maximum Gasteiger partial charge on any atom is 0.274 e. The van der Waals surface area contributed by atoms with Crippen LogP contribution in [0.25, 0.3) is 0 Å². The zero-order valence-corrected chi connectivity index (χ0v) is 21.1. The third kappa shape index (κ3) is 5.59. The Morgan fingerprint density at radius 1 is 1.12 bits per heavy atom. The van der Waals surface area contributed by atoms with E-state index < -0.39 is 0 Å². The van der Waals surface area contributed by atoms with Crippen molar-refractivity contribution in [2.24, 2.45) is 0 Å². The predicted octanol–water partition coefficient (Wildman–Crippen LogP) is 5.21. The van der Waals surface area contributed by atoms with Gasteiger partial charge in [0, 0.05) is 42.9 Å². The molecule has 4 rings (SSSR count). The fraction of sp³-hybridized carbons (Fsp3) is 0.400. The number of halogens is 1. The number of benzene rings is 1. The number of rotatable bonds is 8. The minimum atomic E-state index is -0.187. The van der Waals surface area contributed by atoms with Crippen LogP contribution in [0.4, 0.5) is 28.8 Å². The Hall–Kier alpha value is -2.91. The molecule has 1 aliphatic heterocycles. The van der Waals surface area contributed by atoms with Gasteiger partial charge in [-0.25, -0.2) is 4.98 Å².